The van der Waals surface area contributed by atoms with Crippen molar-refractivity contribution in [2.75, 3.05) is 19.7 Å². The second-order valence-electron chi connectivity index (χ2n) is 5.16. The van der Waals surface area contributed by atoms with Crippen LogP contribution in [-0.2, 0) is 19.1 Å². The van der Waals surface area contributed by atoms with Gasteiger partial charge in [0.25, 0.3) is 0 Å². The van der Waals surface area contributed by atoms with Gasteiger partial charge in [-0.25, -0.2) is 0 Å². The number of rotatable bonds is 8. The second kappa shape index (κ2) is 9.02. The van der Waals surface area contributed by atoms with Crippen molar-refractivity contribution in [3.63, 3.8) is 0 Å². The highest BCUT2D eigenvalue weighted by Crippen LogP contribution is 2.19. The number of hydrogen-bond acceptors (Lipinski definition) is 4. The number of nitrogens with one attached hydrogen (secondary N) is 1. The van der Waals surface area contributed by atoms with E-state index >= 15 is 0 Å². The van der Waals surface area contributed by atoms with Crippen molar-refractivity contribution >= 4 is 17.8 Å². The Kier molecular flexibility index (Phi) is 7.36. The van der Waals surface area contributed by atoms with E-state index in [4.69, 9.17) is 4.74 Å². The molecule has 0 aromatic rings. The standard InChI is InChI=1S/C16H24N2O4/c1-4-12(3)14(19)17-9-6-7-11-22-16(21)13-8-10-18(5-2)15(13)20/h4-5,13H,2,6-11H2,1,3H3,(H,17,19)/b12-4-. The molecule has 0 spiro atoms. The van der Waals surface area contributed by atoms with Crippen molar-refractivity contribution in [3.05, 3.63) is 24.4 Å². The highest BCUT2D eigenvalue weighted by molar-refractivity contribution is 5.99. The highest BCUT2D eigenvalue weighted by atomic mass is 16.5. The number of allylic oxidation sites excluding steroid dienone is 1. The zero-order chi connectivity index (χ0) is 16.5. The van der Waals surface area contributed by atoms with E-state index in [9.17, 15) is 14.4 Å². The Morgan fingerprint density at radius 2 is 2.18 bits per heavy atom. The molecular formula is C16H24N2O4. The van der Waals surface area contributed by atoms with Gasteiger partial charge in [0.2, 0.25) is 11.8 Å². The van der Waals surface area contributed by atoms with Crippen LogP contribution >= 0.6 is 0 Å². The molecule has 1 heterocycles. The van der Waals surface area contributed by atoms with Crippen LogP contribution in [0.1, 0.15) is 33.1 Å². The van der Waals surface area contributed by atoms with E-state index < -0.39 is 11.9 Å². The fourth-order valence-corrected chi connectivity index (χ4v) is 2.07. The number of esters is 1. The molecule has 0 radical (unpaired) electrons. The topological polar surface area (TPSA) is 75.7 Å². The zero-order valence-electron chi connectivity index (χ0n) is 13.3. The van der Waals surface area contributed by atoms with Gasteiger partial charge in [-0.2, -0.15) is 0 Å². The Labute approximate surface area is 131 Å². The van der Waals surface area contributed by atoms with Gasteiger partial charge >= 0.3 is 5.97 Å². The summed E-state index contributed by atoms with van der Waals surface area (Å²) in [5.41, 5.74) is 0.679. The van der Waals surface area contributed by atoms with Crippen LogP contribution in [0.2, 0.25) is 0 Å². The van der Waals surface area contributed by atoms with E-state index in [0.717, 1.165) is 0 Å². The molecule has 1 fully saturated rings. The lowest BCUT2D eigenvalue weighted by molar-refractivity contribution is -0.152. The number of likely N-dealkylation sites (tertiary alicyclic amines) is 1. The molecule has 0 aromatic carbocycles. The van der Waals surface area contributed by atoms with E-state index in [-0.39, 0.29) is 18.4 Å². The van der Waals surface area contributed by atoms with Gasteiger partial charge in [0.05, 0.1) is 6.61 Å². The molecule has 1 aliphatic heterocycles. The van der Waals surface area contributed by atoms with Crippen LogP contribution in [0.4, 0.5) is 0 Å². The minimum Gasteiger partial charge on any atom is -0.465 e. The number of unbranched alkanes of at least 4 members (excludes halogenated alkanes) is 1. The normalized spacial score (nSPS) is 18.3. The Morgan fingerprint density at radius 3 is 2.77 bits per heavy atom. The van der Waals surface area contributed by atoms with E-state index in [0.29, 0.717) is 37.9 Å². The van der Waals surface area contributed by atoms with Crippen LogP contribution in [0.15, 0.2) is 24.4 Å². The van der Waals surface area contributed by atoms with Crippen molar-refractivity contribution in [2.45, 2.75) is 33.1 Å². The SMILES string of the molecule is C=CN1CCC(C(=O)OCCCCNC(=O)/C(C)=C\C)C1=O. The van der Waals surface area contributed by atoms with Crippen LogP contribution in [-0.4, -0.2) is 42.4 Å². The monoisotopic (exact) mass is 308 g/mol. The molecule has 1 aliphatic rings. The summed E-state index contributed by atoms with van der Waals surface area (Å²) < 4.78 is 5.12. The molecule has 1 unspecified atom stereocenters. The maximum absolute atomic E-state index is 11.8. The summed E-state index contributed by atoms with van der Waals surface area (Å²) in [6.45, 7) is 8.40. The van der Waals surface area contributed by atoms with Crippen molar-refractivity contribution in [1.29, 1.82) is 0 Å². The average Bonchev–Trinajstić information content (AvgIpc) is 2.90. The quantitative estimate of drug-likeness (QED) is 0.318. The first-order chi connectivity index (χ1) is 10.5. The predicted molar refractivity (Wildman–Crippen MR) is 82.7 cm³/mol. The summed E-state index contributed by atoms with van der Waals surface area (Å²) in [7, 11) is 0. The first-order valence-corrected chi connectivity index (χ1v) is 7.52. The summed E-state index contributed by atoms with van der Waals surface area (Å²) in [4.78, 5) is 36.5. The fourth-order valence-electron chi connectivity index (χ4n) is 2.07. The van der Waals surface area contributed by atoms with Gasteiger partial charge in [-0.05, 0) is 39.3 Å². The number of carbonyl (C=O) groups excluding carboxylic acids is 3. The zero-order valence-corrected chi connectivity index (χ0v) is 13.3. The molecule has 1 N–H and O–H groups in total. The first-order valence-electron chi connectivity index (χ1n) is 7.52. The lowest BCUT2D eigenvalue weighted by Gasteiger charge is -2.11. The maximum Gasteiger partial charge on any atom is 0.318 e. The summed E-state index contributed by atoms with van der Waals surface area (Å²) in [5.74, 6) is -1.49. The minimum absolute atomic E-state index is 0.0828. The smallest absolute Gasteiger partial charge is 0.318 e. The number of hydrogen-bond donors (Lipinski definition) is 1. The molecule has 6 nitrogen and oxygen atoms in total. The third-order valence-electron chi connectivity index (χ3n) is 3.64. The van der Waals surface area contributed by atoms with E-state index in [1.54, 1.807) is 13.0 Å². The number of carbonyl (C=O) groups is 3. The number of amides is 2. The molecule has 6 heteroatoms. The van der Waals surface area contributed by atoms with Gasteiger partial charge in [-0.15, -0.1) is 0 Å². The molecule has 22 heavy (non-hydrogen) atoms. The molecule has 0 saturated carbocycles. The van der Waals surface area contributed by atoms with Gasteiger partial charge < -0.3 is 15.0 Å². The molecule has 1 saturated heterocycles. The van der Waals surface area contributed by atoms with E-state index in [1.165, 1.54) is 11.1 Å². The Balaban J connectivity index is 2.15. The van der Waals surface area contributed by atoms with Gasteiger partial charge in [0.1, 0.15) is 5.92 Å². The lowest BCUT2D eigenvalue weighted by Crippen LogP contribution is -2.28. The third-order valence-corrected chi connectivity index (χ3v) is 3.64. The van der Waals surface area contributed by atoms with Crippen LogP contribution in [0.3, 0.4) is 0 Å². The Bertz CT molecular complexity index is 471. The van der Waals surface area contributed by atoms with Crippen molar-refractivity contribution in [2.24, 2.45) is 5.92 Å². The molecule has 0 aliphatic carbocycles. The number of nitrogens with zero attached hydrogens (tertiary/aromatic N) is 1. The molecule has 122 valence electrons. The first kappa shape index (κ1) is 17.9. The van der Waals surface area contributed by atoms with Crippen LogP contribution in [0.25, 0.3) is 0 Å². The molecular weight excluding hydrogens is 284 g/mol. The summed E-state index contributed by atoms with van der Waals surface area (Å²) in [6.07, 6.45) is 5.02. The largest absolute Gasteiger partial charge is 0.465 e. The summed E-state index contributed by atoms with van der Waals surface area (Å²) in [6, 6.07) is 0. The molecule has 2 amide bonds. The van der Waals surface area contributed by atoms with Gasteiger partial charge in [-0.1, -0.05) is 12.7 Å². The summed E-state index contributed by atoms with van der Waals surface area (Å²) in [5, 5.41) is 2.78. The Morgan fingerprint density at radius 1 is 1.45 bits per heavy atom. The van der Waals surface area contributed by atoms with Crippen molar-refractivity contribution in [3.8, 4) is 0 Å². The van der Waals surface area contributed by atoms with Crippen LogP contribution in [0, 0.1) is 5.92 Å². The van der Waals surface area contributed by atoms with Crippen LogP contribution < -0.4 is 5.32 Å². The van der Waals surface area contributed by atoms with Crippen molar-refractivity contribution in [1.82, 2.24) is 10.2 Å². The molecule has 1 atom stereocenters. The van der Waals surface area contributed by atoms with Gasteiger partial charge in [-0.3, -0.25) is 14.4 Å². The third kappa shape index (κ3) is 5.02. The molecule has 1 rings (SSSR count). The molecule has 0 aromatic heterocycles. The van der Waals surface area contributed by atoms with Crippen molar-refractivity contribution < 1.29 is 19.1 Å². The predicted octanol–water partition coefficient (Wildman–Crippen LogP) is 1.38. The van der Waals surface area contributed by atoms with Gasteiger partial charge in [0, 0.05) is 18.7 Å². The van der Waals surface area contributed by atoms with Crippen LogP contribution in [0.5, 0.6) is 0 Å². The van der Waals surface area contributed by atoms with E-state index in [1.807, 2.05) is 6.92 Å². The Hall–Kier alpha value is -2.11. The fraction of sp³-hybridized carbons (Fsp3) is 0.562. The van der Waals surface area contributed by atoms with E-state index in [2.05, 4.69) is 11.9 Å². The lowest BCUT2D eigenvalue weighted by atomic mass is 10.1. The summed E-state index contributed by atoms with van der Waals surface area (Å²) >= 11 is 0. The maximum atomic E-state index is 11.8. The second-order valence-corrected chi connectivity index (χ2v) is 5.16. The highest BCUT2D eigenvalue weighted by Gasteiger charge is 2.36. The molecule has 0 bridgehead atoms. The van der Waals surface area contributed by atoms with Gasteiger partial charge in [0.15, 0.2) is 0 Å². The average molecular weight is 308 g/mol. The minimum atomic E-state index is -0.699. The number of ether oxygens (including phenoxy) is 1.